The van der Waals surface area contributed by atoms with Crippen LogP contribution in [0.5, 0.6) is 0 Å². The number of aromatic nitrogens is 2. The number of aromatic amines is 1. The summed E-state index contributed by atoms with van der Waals surface area (Å²) < 4.78 is 5.05. The van der Waals surface area contributed by atoms with Gasteiger partial charge < -0.3 is 4.74 Å². The molecule has 1 N–H and O–H groups in total. The van der Waals surface area contributed by atoms with Gasteiger partial charge in [-0.1, -0.05) is 42.0 Å². The SMILES string of the molecule is CCOC(=O)c1ccc(N2C(=O)c3[nH]nc(-c4ccc(C)cc4)c3C2c2ccccc2[N+](=O)[O-])cc1. The Labute approximate surface area is 206 Å². The molecule has 0 saturated carbocycles. The van der Waals surface area contributed by atoms with Crippen molar-refractivity contribution in [3.05, 3.63) is 111 Å². The van der Waals surface area contributed by atoms with Gasteiger partial charge in [0, 0.05) is 22.9 Å². The third-order valence-corrected chi connectivity index (χ3v) is 6.18. The molecule has 0 bridgehead atoms. The van der Waals surface area contributed by atoms with E-state index in [-0.39, 0.29) is 23.9 Å². The summed E-state index contributed by atoms with van der Waals surface area (Å²) in [6.45, 7) is 3.94. The Morgan fingerprint density at radius 2 is 1.78 bits per heavy atom. The summed E-state index contributed by atoms with van der Waals surface area (Å²) >= 11 is 0. The van der Waals surface area contributed by atoms with Crippen molar-refractivity contribution in [2.45, 2.75) is 19.9 Å². The van der Waals surface area contributed by atoms with Gasteiger partial charge in [0.15, 0.2) is 0 Å². The zero-order valence-corrected chi connectivity index (χ0v) is 19.6. The molecule has 1 amide bonds. The number of nitro groups is 1. The first kappa shape index (κ1) is 23.0. The number of aryl methyl sites for hydroxylation is 1. The van der Waals surface area contributed by atoms with Crippen LogP contribution in [0.2, 0.25) is 0 Å². The predicted molar refractivity (Wildman–Crippen MR) is 133 cm³/mol. The Bertz CT molecular complexity index is 1480. The summed E-state index contributed by atoms with van der Waals surface area (Å²) in [7, 11) is 0. The summed E-state index contributed by atoms with van der Waals surface area (Å²) in [6.07, 6.45) is 0. The maximum atomic E-state index is 13.7. The largest absolute Gasteiger partial charge is 0.462 e. The van der Waals surface area contributed by atoms with E-state index in [1.165, 1.54) is 11.0 Å². The average Bonchev–Trinajstić information content (AvgIpc) is 3.43. The van der Waals surface area contributed by atoms with Crippen LogP contribution in [-0.2, 0) is 4.74 Å². The topological polar surface area (TPSA) is 118 Å². The predicted octanol–water partition coefficient (Wildman–Crippen LogP) is 5.22. The van der Waals surface area contributed by atoms with Crippen LogP contribution in [-0.4, -0.2) is 33.6 Å². The molecular weight excluding hydrogens is 460 g/mol. The van der Waals surface area contributed by atoms with Crippen LogP contribution < -0.4 is 4.90 Å². The van der Waals surface area contributed by atoms with Crippen molar-refractivity contribution in [1.29, 1.82) is 0 Å². The molecule has 0 fully saturated rings. The fourth-order valence-corrected chi connectivity index (χ4v) is 4.50. The second kappa shape index (κ2) is 9.10. The van der Waals surface area contributed by atoms with Crippen LogP contribution in [0.4, 0.5) is 11.4 Å². The Morgan fingerprint density at radius 1 is 1.08 bits per heavy atom. The monoisotopic (exact) mass is 482 g/mol. The van der Waals surface area contributed by atoms with Gasteiger partial charge in [-0.3, -0.25) is 24.9 Å². The van der Waals surface area contributed by atoms with Gasteiger partial charge in [0.1, 0.15) is 5.69 Å². The number of para-hydroxylation sites is 1. The molecule has 4 aromatic rings. The number of carbonyl (C=O) groups is 2. The molecule has 9 heteroatoms. The molecule has 0 radical (unpaired) electrons. The van der Waals surface area contributed by atoms with Crippen molar-refractivity contribution < 1.29 is 19.2 Å². The minimum atomic E-state index is -0.808. The van der Waals surface area contributed by atoms with Gasteiger partial charge in [-0.25, -0.2) is 4.79 Å². The van der Waals surface area contributed by atoms with E-state index in [0.717, 1.165) is 11.1 Å². The normalized spacial score (nSPS) is 14.6. The molecule has 5 rings (SSSR count). The smallest absolute Gasteiger partial charge is 0.338 e. The Balaban J connectivity index is 1.69. The summed E-state index contributed by atoms with van der Waals surface area (Å²) in [5.74, 6) is -0.842. The first-order chi connectivity index (χ1) is 17.4. The van der Waals surface area contributed by atoms with Crippen LogP contribution >= 0.6 is 0 Å². The molecule has 1 unspecified atom stereocenters. The number of nitrogens with one attached hydrogen (secondary N) is 1. The fourth-order valence-electron chi connectivity index (χ4n) is 4.50. The Kier molecular flexibility index (Phi) is 5.81. The number of carbonyl (C=O) groups excluding carboxylic acids is 2. The number of nitrogens with zero attached hydrogens (tertiary/aromatic N) is 3. The number of ether oxygens (including phenoxy) is 1. The van der Waals surface area contributed by atoms with Crippen molar-refractivity contribution in [3.8, 4) is 11.3 Å². The molecule has 1 atom stereocenters. The maximum Gasteiger partial charge on any atom is 0.338 e. The lowest BCUT2D eigenvalue weighted by atomic mass is 9.94. The van der Waals surface area contributed by atoms with Gasteiger partial charge >= 0.3 is 5.97 Å². The zero-order valence-electron chi connectivity index (χ0n) is 19.6. The molecule has 2 heterocycles. The van der Waals surface area contributed by atoms with E-state index in [9.17, 15) is 19.7 Å². The second-order valence-electron chi connectivity index (χ2n) is 8.39. The van der Waals surface area contributed by atoms with Gasteiger partial charge in [-0.2, -0.15) is 5.10 Å². The van der Waals surface area contributed by atoms with Gasteiger partial charge in [0.25, 0.3) is 11.6 Å². The number of anilines is 1. The summed E-state index contributed by atoms with van der Waals surface area (Å²) in [5, 5.41) is 19.2. The summed E-state index contributed by atoms with van der Waals surface area (Å²) in [6, 6.07) is 19.7. The summed E-state index contributed by atoms with van der Waals surface area (Å²) in [4.78, 5) is 38.8. The van der Waals surface area contributed by atoms with E-state index < -0.39 is 16.9 Å². The van der Waals surface area contributed by atoms with Crippen LogP contribution in [0.15, 0.2) is 72.8 Å². The molecule has 9 nitrogen and oxygen atoms in total. The zero-order chi connectivity index (χ0) is 25.4. The number of benzene rings is 3. The van der Waals surface area contributed by atoms with Crippen molar-refractivity contribution in [3.63, 3.8) is 0 Å². The lowest BCUT2D eigenvalue weighted by Crippen LogP contribution is -2.29. The number of H-pyrrole nitrogens is 1. The number of hydrogen-bond donors (Lipinski definition) is 1. The third kappa shape index (κ3) is 3.80. The van der Waals surface area contributed by atoms with E-state index in [0.29, 0.717) is 28.1 Å². The number of rotatable bonds is 6. The van der Waals surface area contributed by atoms with E-state index >= 15 is 0 Å². The van der Waals surface area contributed by atoms with Crippen LogP contribution in [0, 0.1) is 17.0 Å². The molecule has 3 aromatic carbocycles. The van der Waals surface area contributed by atoms with Gasteiger partial charge in [-0.15, -0.1) is 0 Å². The third-order valence-electron chi connectivity index (χ3n) is 6.18. The first-order valence-electron chi connectivity index (χ1n) is 11.4. The van der Waals surface area contributed by atoms with Crippen molar-refractivity contribution in [2.24, 2.45) is 0 Å². The highest BCUT2D eigenvalue weighted by atomic mass is 16.6. The number of nitro benzene ring substituents is 1. The number of esters is 1. The Morgan fingerprint density at radius 3 is 2.44 bits per heavy atom. The van der Waals surface area contributed by atoms with Gasteiger partial charge in [-0.05, 0) is 44.2 Å². The molecule has 0 spiro atoms. The molecule has 1 aromatic heterocycles. The molecule has 180 valence electrons. The van der Waals surface area contributed by atoms with Crippen molar-refractivity contribution in [1.82, 2.24) is 10.2 Å². The van der Waals surface area contributed by atoms with E-state index in [2.05, 4.69) is 10.2 Å². The van der Waals surface area contributed by atoms with Gasteiger partial charge in [0.05, 0.1) is 34.4 Å². The van der Waals surface area contributed by atoms with Crippen LogP contribution in [0.1, 0.15) is 50.5 Å². The molecule has 0 aliphatic carbocycles. The second-order valence-corrected chi connectivity index (χ2v) is 8.39. The lowest BCUT2D eigenvalue weighted by molar-refractivity contribution is -0.385. The maximum absolute atomic E-state index is 13.7. The highest BCUT2D eigenvalue weighted by Crippen LogP contribution is 2.47. The molecule has 36 heavy (non-hydrogen) atoms. The highest BCUT2D eigenvalue weighted by molar-refractivity contribution is 6.12. The van der Waals surface area contributed by atoms with Crippen molar-refractivity contribution >= 4 is 23.3 Å². The first-order valence-corrected chi connectivity index (χ1v) is 11.4. The molecule has 1 aliphatic heterocycles. The summed E-state index contributed by atoms with van der Waals surface area (Å²) in [5.41, 5.74) is 4.31. The standard InChI is InChI=1S/C27H22N4O5/c1-3-36-27(33)18-12-14-19(15-13-18)30-25(20-6-4-5-7-21(20)31(34)35)22-23(28-29-24(22)26(30)32)17-10-8-16(2)9-11-17/h4-15,25H,3H2,1-2H3,(H,28,29). The van der Waals surface area contributed by atoms with E-state index in [1.54, 1.807) is 49.4 Å². The quantitative estimate of drug-likeness (QED) is 0.229. The number of fused-ring (bicyclic) bond motifs is 1. The minimum absolute atomic E-state index is 0.104. The molecular formula is C27H22N4O5. The molecule has 0 saturated heterocycles. The fraction of sp³-hybridized carbons (Fsp3) is 0.148. The molecule has 1 aliphatic rings. The van der Waals surface area contributed by atoms with Crippen molar-refractivity contribution in [2.75, 3.05) is 11.5 Å². The average molecular weight is 482 g/mol. The lowest BCUT2D eigenvalue weighted by Gasteiger charge is -2.26. The van der Waals surface area contributed by atoms with Gasteiger partial charge in [0.2, 0.25) is 0 Å². The van der Waals surface area contributed by atoms with Crippen LogP contribution in [0.25, 0.3) is 11.3 Å². The Hall–Kier alpha value is -4.79. The minimum Gasteiger partial charge on any atom is -0.462 e. The number of amides is 1. The number of hydrogen-bond acceptors (Lipinski definition) is 6. The van der Waals surface area contributed by atoms with Crippen LogP contribution in [0.3, 0.4) is 0 Å². The van der Waals surface area contributed by atoms with E-state index in [1.807, 2.05) is 31.2 Å². The highest BCUT2D eigenvalue weighted by Gasteiger charge is 2.45. The van der Waals surface area contributed by atoms with E-state index in [4.69, 9.17) is 4.74 Å².